The van der Waals surface area contributed by atoms with Gasteiger partial charge in [-0.1, -0.05) is 0 Å². The minimum Gasteiger partial charge on any atom is -0.354 e. The number of hydrogen-bond donors (Lipinski definition) is 1. The summed E-state index contributed by atoms with van der Waals surface area (Å²) in [5.74, 6) is 0.0560. The number of rotatable bonds is 3. The van der Waals surface area contributed by atoms with Gasteiger partial charge >= 0.3 is 0 Å². The number of carbonyl (C=O) groups excluding carboxylic acids is 1. The van der Waals surface area contributed by atoms with Crippen molar-refractivity contribution in [2.75, 3.05) is 19.6 Å². The Morgan fingerprint density at radius 1 is 1.57 bits per heavy atom. The van der Waals surface area contributed by atoms with Gasteiger partial charge in [-0.2, -0.15) is 5.26 Å². The van der Waals surface area contributed by atoms with Crippen LogP contribution in [0.3, 0.4) is 0 Å². The lowest BCUT2D eigenvalue weighted by Crippen LogP contribution is -2.44. The van der Waals surface area contributed by atoms with Crippen LogP contribution >= 0.6 is 0 Å². The van der Waals surface area contributed by atoms with E-state index in [-0.39, 0.29) is 5.91 Å². The molecule has 78 valence electrons. The summed E-state index contributed by atoms with van der Waals surface area (Å²) in [4.78, 5) is 13.1. The van der Waals surface area contributed by atoms with Gasteiger partial charge in [-0.15, -0.1) is 0 Å². The normalized spacial score (nSPS) is 18.9. The highest BCUT2D eigenvalue weighted by molar-refractivity contribution is 5.73. The molecule has 0 unspecified atom stereocenters. The maximum absolute atomic E-state index is 10.8. The van der Waals surface area contributed by atoms with Gasteiger partial charge in [0.05, 0.1) is 6.07 Å². The molecule has 4 heteroatoms. The van der Waals surface area contributed by atoms with Crippen LogP contribution in [0.2, 0.25) is 0 Å². The minimum atomic E-state index is 0.0560. The Bertz CT molecular complexity index is 226. The van der Waals surface area contributed by atoms with Gasteiger partial charge in [0.1, 0.15) is 0 Å². The molecule has 0 aromatic carbocycles. The molecule has 0 aromatic heterocycles. The highest BCUT2D eigenvalue weighted by Gasteiger charge is 2.18. The Labute approximate surface area is 84.9 Å². The zero-order chi connectivity index (χ0) is 10.4. The van der Waals surface area contributed by atoms with Gasteiger partial charge in [0.25, 0.3) is 0 Å². The van der Waals surface area contributed by atoms with Crippen molar-refractivity contribution in [2.24, 2.45) is 0 Å². The third kappa shape index (κ3) is 3.75. The number of nitrogens with zero attached hydrogens (tertiary/aromatic N) is 2. The Balaban J connectivity index is 2.18. The zero-order valence-corrected chi connectivity index (χ0v) is 8.62. The first kappa shape index (κ1) is 11.0. The molecule has 0 aliphatic carbocycles. The fraction of sp³-hybridized carbons (Fsp3) is 0.800. The Hall–Kier alpha value is -1.08. The molecule has 1 fully saturated rings. The van der Waals surface area contributed by atoms with E-state index in [1.807, 2.05) is 0 Å². The van der Waals surface area contributed by atoms with Gasteiger partial charge in [-0.3, -0.25) is 4.79 Å². The summed E-state index contributed by atoms with van der Waals surface area (Å²) in [5.41, 5.74) is 0. The number of likely N-dealkylation sites (tertiary alicyclic amines) is 1. The second-order valence-corrected chi connectivity index (χ2v) is 3.72. The van der Waals surface area contributed by atoms with Gasteiger partial charge in [0.15, 0.2) is 0 Å². The molecule has 4 nitrogen and oxygen atoms in total. The molecule has 1 saturated heterocycles. The summed E-state index contributed by atoms with van der Waals surface area (Å²) in [6.07, 6.45) is 2.61. The van der Waals surface area contributed by atoms with Crippen LogP contribution in [0.15, 0.2) is 0 Å². The van der Waals surface area contributed by atoms with E-state index in [1.54, 1.807) is 6.92 Å². The van der Waals surface area contributed by atoms with Crippen LogP contribution in [0.25, 0.3) is 0 Å². The van der Waals surface area contributed by atoms with Crippen LogP contribution in [0, 0.1) is 11.3 Å². The van der Waals surface area contributed by atoms with Gasteiger partial charge in [-0.05, 0) is 12.8 Å². The Morgan fingerprint density at radius 3 is 2.71 bits per heavy atom. The Kier molecular flexibility index (Phi) is 4.41. The number of piperidine rings is 1. The highest BCUT2D eigenvalue weighted by atomic mass is 16.1. The number of amides is 1. The van der Waals surface area contributed by atoms with Crippen molar-refractivity contribution in [1.82, 2.24) is 10.2 Å². The standard InChI is InChI=1S/C10H17N3O/c1-9(14)12-10-3-7-13(8-4-10)6-2-5-11/h10H,2-4,6-8H2,1H3,(H,12,14). The third-order valence-electron chi connectivity index (χ3n) is 2.53. The summed E-state index contributed by atoms with van der Waals surface area (Å²) in [7, 11) is 0. The molecular formula is C10H17N3O. The van der Waals surface area contributed by atoms with E-state index in [4.69, 9.17) is 5.26 Å². The van der Waals surface area contributed by atoms with Crippen molar-refractivity contribution >= 4 is 5.91 Å². The van der Waals surface area contributed by atoms with E-state index in [0.29, 0.717) is 12.5 Å². The quantitative estimate of drug-likeness (QED) is 0.713. The molecule has 1 rings (SSSR count). The molecule has 1 aliphatic rings. The summed E-state index contributed by atoms with van der Waals surface area (Å²) in [6.45, 7) is 4.41. The van der Waals surface area contributed by atoms with Gasteiger partial charge < -0.3 is 10.2 Å². The van der Waals surface area contributed by atoms with E-state index in [2.05, 4.69) is 16.3 Å². The number of nitrogens with one attached hydrogen (secondary N) is 1. The van der Waals surface area contributed by atoms with E-state index in [0.717, 1.165) is 32.5 Å². The number of carbonyl (C=O) groups is 1. The maximum Gasteiger partial charge on any atom is 0.217 e. The minimum absolute atomic E-state index is 0.0560. The van der Waals surface area contributed by atoms with Crippen LogP contribution in [-0.4, -0.2) is 36.5 Å². The monoisotopic (exact) mass is 195 g/mol. The lowest BCUT2D eigenvalue weighted by Gasteiger charge is -2.31. The third-order valence-corrected chi connectivity index (χ3v) is 2.53. The fourth-order valence-electron chi connectivity index (χ4n) is 1.80. The summed E-state index contributed by atoms with van der Waals surface area (Å²) < 4.78 is 0. The lowest BCUT2D eigenvalue weighted by atomic mass is 10.1. The van der Waals surface area contributed by atoms with Crippen molar-refractivity contribution < 1.29 is 4.79 Å². The smallest absolute Gasteiger partial charge is 0.217 e. The molecule has 0 spiro atoms. The predicted octanol–water partition coefficient (Wildman–Crippen LogP) is 0.501. The van der Waals surface area contributed by atoms with Gasteiger partial charge in [0.2, 0.25) is 5.91 Å². The van der Waals surface area contributed by atoms with E-state index in [1.165, 1.54) is 0 Å². The van der Waals surface area contributed by atoms with Crippen LogP contribution in [0.4, 0.5) is 0 Å². The summed E-state index contributed by atoms with van der Waals surface area (Å²) in [5, 5.41) is 11.4. The van der Waals surface area contributed by atoms with E-state index < -0.39 is 0 Å². The van der Waals surface area contributed by atoms with Gasteiger partial charge in [0, 0.05) is 39.0 Å². The topological polar surface area (TPSA) is 56.1 Å². The highest BCUT2D eigenvalue weighted by Crippen LogP contribution is 2.10. The number of hydrogen-bond acceptors (Lipinski definition) is 3. The molecule has 0 bridgehead atoms. The van der Waals surface area contributed by atoms with E-state index in [9.17, 15) is 4.79 Å². The largest absolute Gasteiger partial charge is 0.354 e. The molecule has 1 aliphatic heterocycles. The first-order chi connectivity index (χ1) is 6.72. The predicted molar refractivity (Wildman–Crippen MR) is 53.5 cm³/mol. The molecule has 1 amide bonds. The molecule has 0 atom stereocenters. The van der Waals surface area contributed by atoms with Crippen LogP contribution in [0.1, 0.15) is 26.2 Å². The van der Waals surface area contributed by atoms with Crippen LogP contribution < -0.4 is 5.32 Å². The fourth-order valence-corrected chi connectivity index (χ4v) is 1.80. The van der Waals surface area contributed by atoms with Crippen molar-refractivity contribution in [3.63, 3.8) is 0 Å². The lowest BCUT2D eigenvalue weighted by molar-refractivity contribution is -0.119. The first-order valence-corrected chi connectivity index (χ1v) is 5.09. The second-order valence-electron chi connectivity index (χ2n) is 3.72. The van der Waals surface area contributed by atoms with Crippen molar-refractivity contribution in [1.29, 1.82) is 5.26 Å². The van der Waals surface area contributed by atoms with Crippen molar-refractivity contribution in [2.45, 2.75) is 32.2 Å². The molecule has 1 heterocycles. The van der Waals surface area contributed by atoms with Crippen molar-refractivity contribution in [3.05, 3.63) is 0 Å². The van der Waals surface area contributed by atoms with Crippen molar-refractivity contribution in [3.8, 4) is 6.07 Å². The maximum atomic E-state index is 10.8. The molecule has 0 saturated carbocycles. The average Bonchev–Trinajstić information content (AvgIpc) is 2.16. The van der Waals surface area contributed by atoms with Crippen LogP contribution in [-0.2, 0) is 4.79 Å². The van der Waals surface area contributed by atoms with Crippen LogP contribution in [0.5, 0.6) is 0 Å². The molecule has 14 heavy (non-hydrogen) atoms. The molecular weight excluding hydrogens is 178 g/mol. The molecule has 1 N–H and O–H groups in total. The zero-order valence-electron chi connectivity index (χ0n) is 8.62. The Morgan fingerprint density at radius 2 is 2.21 bits per heavy atom. The molecule has 0 radical (unpaired) electrons. The summed E-state index contributed by atoms with van der Waals surface area (Å²) in [6, 6.07) is 2.49. The SMILES string of the molecule is CC(=O)NC1CCN(CCC#N)CC1. The number of nitriles is 1. The second kappa shape index (κ2) is 5.61. The van der Waals surface area contributed by atoms with Gasteiger partial charge in [-0.25, -0.2) is 0 Å². The average molecular weight is 195 g/mol. The first-order valence-electron chi connectivity index (χ1n) is 5.09. The summed E-state index contributed by atoms with van der Waals surface area (Å²) >= 11 is 0. The molecule has 0 aromatic rings. The van der Waals surface area contributed by atoms with E-state index >= 15 is 0 Å².